The quantitative estimate of drug-likeness (QED) is 0.763. The zero-order valence-electron chi connectivity index (χ0n) is 10.4. The second-order valence-corrected chi connectivity index (χ2v) is 4.91. The molecule has 0 radical (unpaired) electrons. The maximum absolute atomic E-state index is 9.20. The van der Waals surface area contributed by atoms with Gasteiger partial charge in [-0.05, 0) is 50.3 Å². The van der Waals surface area contributed by atoms with Crippen molar-refractivity contribution in [2.75, 3.05) is 0 Å². The second kappa shape index (κ2) is 5.87. The van der Waals surface area contributed by atoms with Gasteiger partial charge >= 0.3 is 0 Å². The van der Waals surface area contributed by atoms with Crippen LogP contribution in [0.3, 0.4) is 0 Å². The molecular formula is C15H21NO. The van der Waals surface area contributed by atoms with Crippen LogP contribution in [0.15, 0.2) is 36.4 Å². The highest BCUT2D eigenvalue weighted by Crippen LogP contribution is 2.14. The molecule has 1 atom stereocenters. The van der Waals surface area contributed by atoms with Crippen LogP contribution in [-0.2, 0) is 6.42 Å². The summed E-state index contributed by atoms with van der Waals surface area (Å²) in [6.45, 7) is 2.25. The summed E-state index contributed by atoms with van der Waals surface area (Å²) < 4.78 is 0. The van der Waals surface area contributed by atoms with E-state index in [1.54, 1.807) is 12.1 Å². The molecule has 1 aromatic rings. The van der Waals surface area contributed by atoms with Gasteiger partial charge in [0, 0.05) is 12.1 Å². The molecule has 0 fully saturated rings. The van der Waals surface area contributed by atoms with Gasteiger partial charge in [-0.2, -0.15) is 0 Å². The molecule has 1 aromatic carbocycles. The summed E-state index contributed by atoms with van der Waals surface area (Å²) >= 11 is 0. The van der Waals surface area contributed by atoms with Gasteiger partial charge in [0.25, 0.3) is 0 Å². The Morgan fingerprint density at radius 3 is 2.53 bits per heavy atom. The van der Waals surface area contributed by atoms with E-state index in [1.165, 1.54) is 18.4 Å². The van der Waals surface area contributed by atoms with Gasteiger partial charge in [-0.3, -0.25) is 0 Å². The van der Waals surface area contributed by atoms with Crippen molar-refractivity contribution >= 4 is 0 Å². The normalized spacial score (nSPS) is 17.5. The predicted octanol–water partition coefficient (Wildman–Crippen LogP) is 3.02. The van der Waals surface area contributed by atoms with E-state index in [2.05, 4.69) is 24.4 Å². The summed E-state index contributed by atoms with van der Waals surface area (Å²) in [6.07, 6.45) is 9.05. The summed E-state index contributed by atoms with van der Waals surface area (Å²) in [6, 6.07) is 8.71. The molecular weight excluding hydrogens is 210 g/mol. The minimum Gasteiger partial charge on any atom is -0.508 e. The van der Waals surface area contributed by atoms with Gasteiger partial charge in [0.05, 0.1) is 0 Å². The average molecular weight is 231 g/mol. The Balaban J connectivity index is 1.71. The average Bonchev–Trinajstić information content (AvgIpc) is 2.81. The third-order valence-electron chi connectivity index (χ3n) is 3.33. The van der Waals surface area contributed by atoms with E-state index in [9.17, 15) is 5.11 Å². The van der Waals surface area contributed by atoms with Crippen LogP contribution < -0.4 is 5.32 Å². The third kappa shape index (κ3) is 3.90. The molecule has 0 amide bonds. The lowest BCUT2D eigenvalue weighted by Crippen LogP contribution is -2.35. The monoisotopic (exact) mass is 231 g/mol. The van der Waals surface area contributed by atoms with E-state index in [4.69, 9.17) is 0 Å². The molecule has 0 spiro atoms. The second-order valence-electron chi connectivity index (χ2n) is 4.91. The van der Waals surface area contributed by atoms with E-state index < -0.39 is 0 Å². The molecule has 0 aliphatic heterocycles. The highest BCUT2D eigenvalue weighted by molar-refractivity contribution is 5.25. The number of nitrogens with one attached hydrogen (secondary N) is 1. The molecule has 1 aliphatic carbocycles. The van der Waals surface area contributed by atoms with Crippen LogP contribution in [0.25, 0.3) is 0 Å². The lowest BCUT2D eigenvalue weighted by atomic mass is 10.0. The first-order chi connectivity index (χ1) is 8.24. The Morgan fingerprint density at radius 2 is 1.88 bits per heavy atom. The van der Waals surface area contributed by atoms with E-state index in [0.29, 0.717) is 17.8 Å². The van der Waals surface area contributed by atoms with Crippen molar-refractivity contribution in [3.05, 3.63) is 42.0 Å². The fraction of sp³-hybridized carbons (Fsp3) is 0.467. The zero-order valence-corrected chi connectivity index (χ0v) is 10.4. The Labute approximate surface area is 103 Å². The molecule has 1 aliphatic rings. The molecule has 0 heterocycles. The maximum Gasteiger partial charge on any atom is 0.115 e. The van der Waals surface area contributed by atoms with Gasteiger partial charge in [0.1, 0.15) is 5.75 Å². The SMILES string of the molecule is CC(CCc1ccc(O)cc1)NC1CC=CC1. The van der Waals surface area contributed by atoms with E-state index >= 15 is 0 Å². The Hall–Kier alpha value is -1.28. The van der Waals surface area contributed by atoms with Crippen LogP contribution in [0, 0.1) is 0 Å². The Kier molecular flexibility index (Phi) is 4.21. The van der Waals surface area contributed by atoms with Crippen LogP contribution in [0.4, 0.5) is 0 Å². The molecule has 1 unspecified atom stereocenters. The third-order valence-corrected chi connectivity index (χ3v) is 3.33. The van der Waals surface area contributed by atoms with E-state index in [-0.39, 0.29) is 0 Å². The van der Waals surface area contributed by atoms with E-state index in [0.717, 1.165) is 12.8 Å². The molecule has 17 heavy (non-hydrogen) atoms. The summed E-state index contributed by atoms with van der Waals surface area (Å²) in [4.78, 5) is 0. The Morgan fingerprint density at radius 1 is 1.24 bits per heavy atom. The highest BCUT2D eigenvalue weighted by atomic mass is 16.3. The van der Waals surface area contributed by atoms with Crippen molar-refractivity contribution in [3.63, 3.8) is 0 Å². The molecule has 2 N–H and O–H groups in total. The van der Waals surface area contributed by atoms with Crippen LogP contribution in [0.2, 0.25) is 0 Å². The van der Waals surface area contributed by atoms with Crippen molar-refractivity contribution in [2.24, 2.45) is 0 Å². The number of phenols is 1. The van der Waals surface area contributed by atoms with Crippen molar-refractivity contribution in [3.8, 4) is 5.75 Å². The number of phenolic OH excluding ortho intramolecular Hbond substituents is 1. The minimum absolute atomic E-state index is 0.344. The molecule has 2 heteroatoms. The predicted molar refractivity (Wildman–Crippen MR) is 71.2 cm³/mol. The van der Waals surface area contributed by atoms with Crippen LogP contribution in [-0.4, -0.2) is 17.2 Å². The topological polar surface area (TPSA) is 32.3 Å². The smallest absolute Gasteiger partial charge is 0.115 e. The lowest BCUT2D eigenvalue weighted by molar-refractivity contribution is 0.439. The zero-order chi connectivity index (χ0) is 12.1. The fourth-order valence-electron chi connectivity index (χ4n) is 2.28. The van der Waals surface area contributed by atoms with Crippen molar-refractivity contribution < 1.29 is 5.11 Å². The molecule has 0 aromatic heterocycles. The van der Waals surface area contributed by atoms with Crippen LogP contribution in [0.5, 0.6) is 5.75 Å². The van der Waals surface area contributed by atoms with Crippen molar-refractivity contribution in [1.29, 1.82) is 0 Å². The number of rotatable bonds is 5. The maximum atomic E-state index is 9.20. The summed E-state index contributed by atoms with van der Waals surface area (Å²) in [5.41, 5.74) is 1.29. The van der Waals surface area contributed by atoms with Crippen molar-refractivity contribution in [2.45, 2.75) is 44.7 Å². The Bertz CT molecular complexity index is 361. The van der Waals surface area contributed by atoms with Gasteiger partial charge in [-0.15, -0.1) is 0 Å². The summed E-state index contributed by atoms with van der Waals surface area (Å²) in [5, 5.41) is 12.9. The molecule has 0 saturated heterocycles. The first-order valence-electron chi connectivity index (χ1n) is 6.43. The molecule has 92 valence electrons. The van der Waals surface area contributed by atoms with Crippen molar-refractivity contribution in [1.82, 2.24) is 5.32 Å². The number of hydrogen-bond donors (Lipinski definition) is 2. The molecule has 2 nitrogen and oxygen atoms in total. The lowest BCUT2D eigenvalue weighted by Gasteiger charge is -2.19. The largest absolute Gasteiger partial charge is 0.508 e. The van der Waals surface area contributed by atoms with Crippen LogP contribution >= 0.6 is 0 Å². The molecule has 0 bridgehead atoms. The van der Waals surface area contributed by atoms with Gasteiger partial charge in [-0.25, -0.2) is 0 Å². The fourth-order valence-corrected chi connectivity index (χ4v) is 2.28. The summed E-state index contributed by atoms with van der Waals surface area (Å²) in [5.74, 6) is 0.344. The van der Waals surface area contributed by atoms with Gasteiger partial charge in [-0.1, -0.05) is 24.3 Å². The number of aromatic hydroxyl groups is 1. The molecule has 2 rings (SSSR count). The molecule has 0 saturated carbocycles. The minimum atomic E-state index is 0.344. The standard InChI is InChI=1S/C15H21NO/c1-12(16-14-4-2-3-5-14)6-7-13-8-10-15(17)11-9-13/h2-3,8-12,14,16-17H,4-7H2,1H3. The highest BCUT2D eigenvalue weighted by Gasteiger charge is 2.12. The first-order valence-corrected chi connectivity index (χ1v) is 6.43. The number of hydrogen-bond acceptors (Lipinski definition) is 2. The number of benzene rings is 1. The van der Waals surface area contributed by atoms with Gasteiger partial charge in [0.2, 0.25) is 0 Å². The summed E-state index contributed by atoms with van der Waals surface area (Å²) in [7, 11) is 0. The van der Waals surface area contributed by atoms with Crippen LogP contribution in [0.1, 0.15) is 31.7 Å². The number of aryl methyl sites for hydroxylation is 1. The first kappa shape index (κ1) is 12.2. The van der Waals surface area contributed by atoms with Gasteiger partial charge < -0.3 is 10.4 Å². The van der Waals surface area contributed by atoms with Gasteiger partial charge in [0.15, 0.2) is 0 Å². The van der Waals surface area contributed by atoms with E-state index in [1.807, 2.05) is 12.1 Å².